The zero-order valence-electron chi connectivity index (χ0n) is 42.5. The van der Waals surface area contributed by atoms with Gasteiger partial charge in [-0.1, -0.05) is 68.3 Å². The highest BCUT2D eigenvalue weighted by Crippen LogP contribution is 2.23. The molecule has 0 spiro atoms. The first-order valence-corrected chi connectivity index (χ1v) is 25.4. The number of aromatic amines is 1. The van der Waals surface area contributed by atoms with Gasteiger partial charge in [-0.05, 0) is 75.1 Å². The fraction of sp³-hybridized carbons (Fsp3) is 0.549. The van der Waals surface area contributed by atoms with Crippen molar-refractivity contribution in [3.05, 3.63) is 71.9 Å². The van der Waals surface area contributed by atoms with E-state index in [2.05, 4.69) is 47.2 Å². The smallest absolute Gasteiger partial charge is 0.245 e. The van der Waals surface area contributed by atoms with E-state index in [0.29, 0.717) is 43.4 Å². The van der Waals surface area contributed by atoms with Gasteiger partial charge in [0, 0.05) is 63.5 Å². The minimum absolute atomic E-state index is 0.00123. The Morgan fingerprint density at radius 2 is 1.51 bits per heavy atom. The maximum Gasteiger partial charge on any atom is 0.245 e. The van der Waals surface area contributed by atoms with Crippen LogP contribution in [0.2, 0.25) is 0 Å². The predicted molar refractivity (Wildman–Crippen MR) is 276 cm³/mol. The van der Waals surface area contributed by atoms with Crippen LogP contribution in [0.25, 0.3) is 10.9 Å². The Labute approximate surface area is 431 Å². The number of carbonyl (C=O) groups is 8. The van der Waals surface area contributed by atoms with Gasteiger partial charge in [0.15, 0.2) is 5.96 Å². The molecule has 9 atom stereocenters. The maximum atomic E-state index is 14.8. The van der Waals surface area contributed by atoms with Crippen LogP contribution in [0.3, 0.4) is 0 Å². The number of nitrogens with zero attached hydrogens (tertiary/aromatic N) is 2. The van der Waals surface area contributed by atoms with Gasteiger partial charge in [-0.3, -0.25) is 48.7 Å². The summed E-state index contributed by atoms with van der Waals surface area (Å²) in [5.74, 6) is -5.76. The summed E-state index contributed by atoms with van der Waals surface area (Å²) < 4.78 is 5.72. The van der Waals surface area contributed by atoms with Gasteiger partial charge in [0.05, 0.1) is 6.10 Å². The monoisotopic (exact) mass is 1030 g/mol. The molecule has 2 aliphatic rings. The zero-order chi connectivity index (χ0) is 53.7. The highest BCUT2D eigenvalue weighted by atomic mass is 16.5. The Bertz CT molecular complexity index is 2410. The van der Waals surface area contributed by atoms with E-state index in [1.165, 1.54) is 18.9 Å². The van der Waals surface area contributed by atoms with E-state index >= 15 is 0 Å². The van der Waals surface area contributed by atoms with E-state index in [4.69, 9.17) is 21.9 Å². The second-order valence-corrected chi connectivity index (χ2v) is 19.0. The number of aliphatic hydroxyl groups excluding tert-OH is 1. The number of methoxy groups -OCH3 is 1. The average molecular weight is 1030 g/mol. The van der Waals surface area contributed by atoms with Crippen LogP contribution >= 0.6 is 0 Å². The Kier molecular flexibility index (Phi) is 22.6. The van der Waals surface area contributed by atoms with Crippen molar-refractivity contribution in [2.24, 2.45) is 22.2 Å². The van der Waals surface area contributed by atoms with E-state index in [1.54, 1.807) is 36.5 Å². The van der Waals surface area contributed by atoms with Gasteiger partial charge in [0.1, 0.15) is 48.5 Å². The van der Waals surface area contributed by atoms with Crippen LogP contribution in [-0.4, -0.2) is 150 Å². The topological polar surface area (TPSA) is 360 Å². The molecule has 0 bridgehead atoms. The number of rotatable bonds is 16. The van der Waals surface area contributed by atoms with Crippen molar-refractivity contribution in [3.8, 4) is 0 Å². The molecule has 404 valence electrons. The summed E-state index contributed by atoms with van der Waals surface area (Å²) in [5, 5.41) is 31.7. The average Bonchev–Trinajstić information content (AvgIpc) is 3.98. The molecular weight excluding hydrogens is 955 g/mol. The molecule has 2 aliphatic heterocycles. The summed E-state index contributed by atoms with van der Waals surface area (Å²) in [6, 6.07) is 7.55. The summed E-state index contributed by atoms with van der Waals surface area (Å²) in [4.78, 5) is 120. The summed E-state index contributed by atoms with van der Waals surface area (Å²) in [7, 11) is 1.47. The highest BCUT2D eigenvalue weighted by Gasteiger charge is 2.43. The van der Waals surface area contributed by atoms with Gasteiger partial charge in [-0.2, -0.15) is 0 Å². The lowest BCUT2D eigenvalue weighted by Gasteiger charge is -2.31. The standard InChI is InChI=1S/C51H75N13O10/c1-4-5-17-37(58-30(2)65)45(68)61-39-21-22-43(74-3)55-23-12-11-19-36(44(52)67)59-48(71)41(26-32-28-57-35-18-10-9-16-34(32)35)62-46(69)38(20-13-24-56-51(53)54)60-47(70)40(25-31-14-7-6-8-15-31)63-49(72)42-27-33(66)29-64(42)50(39)73/h6-10,14-16,18,28,33,36-43,55,57,66H,4-5,11-13,17,19-27,29H2,1-3H3,(H2,52,67)(H,58,65)(H,59,71)(H,60,70)(H,61,68)(H,62,69)(H,63,72)(H4,53,54,56)/t33-,36+,37+,38+,39+,40-,41+,42+,43?/m1/s1. The van der Waals surface area contributed by atoms with Crippen molar-refractivity contribution in [2.75, 3.05) is 26.7 Å². The summed E-state index contributed by atoms with van der Waals surface area (Å²) in [6.07, 6.45) is 2.63. The number of aliphatic hydroxyl groups is 1. The van der Waals surface area contributed by atoms with Crippen LogP contribution in [-0.2, 0) is 55.9 Å². The number of guanidine groups is 1. The first-order valence-electron chi connectivity index (χ1n) is 25.4. The van der Waals surface area contributed by atoms with Crippen LogP contribution < -0.4 is 54.4 Å². The Morgan fingerprint density at radius 3 is 2.22 bits per heavy atom. The molecule has 0 aliphatic carbocycles. The number of H-pyrrole nitrogens is 1. The number of hydrogen-bond donors (Lipinski definition) is 12. The molecular formula is C51H75N13O10. The second-order valence-electron chi connectivity index (χ2n) is 19.0. The number of benzene rings is 2. The van der Waals surface area contributed by atoms with Crippen molar-refractivity contribution in [1.29, 1.82) is 0 Å². The lowest BCUT2D eigenvalue weighted by atomic mass is 10.0. The molecule has 3 aromatic rings. The van der Waals surface area contributed by atoms with Crippen molar-refractivity contribution in [2.45, 2.75) is 152 Å². The van der Waals surface area contributed by atoms with Gasteiger partial charge >= 0.3 is 0 Å². The lowest BCUT2D eigenvalue weighted by molar-refractivity contribution is -0.143. The number of nitrogens with two attached hydrogens (primary N) is 3. The largest absolute Gasteiger partial charge is 0.391 e. The molecule has 1 aromatic heterocycles. The fourth-order valence-corrected chi connectivity index (χ4v) is 9.25. The van der Waals surface area contributed by atoms with Gasteiger partial charge in [-0.15, -0.1) is 0 Å². The molecule has 23 heteroatoms. The van der Waals surface area contributed by atoms with Gasteiger partial charge in [-0.25, -0.2) is 0 Å². The molecule has 3 heterocycles. The molecule has 0 saturated carbocycles. The number of aliphatic imine (C=N–C) groups is 1. The second kappa shape index (κ2) is 29.0. The molecule has 5 rings (SSSR count). The van der Waals surface area contributed by atoms with E-state index in [1.807, 2.05) is 31.2 Å². The van der Waals surface area contributed by atoms with Crippen LogP contribution in [0.4, 0.5) is 0 Å². The number of unbranched alkanes of at least 4 members (excludes halogenated alkanes) is 1. The minimum Gasteiger partial charge on any atom is -0.391 e. The third-order valence-electron chi connectivity index (χ3n) is 13.2. The normalized spacial score (nSPS) is 24.5. The SMILES string of the molecule is CCCC[C@H](NC(C)=O)C(=O)N[C@H]1CCC(OC)NCCCC[C@@H](C(N)=O)NC(=O)[C@H](Cc2c[nH]c3ccccc23)NC(=O)[C@H](CCCN=C(N)N)NC(=O)[C@@H](Cc2ccccc2)NC(=O)[C@@H]2C[C@@H](O)CN2C1=O. The van der Waals surface area contributed by atoms with Crippen LogP contribution in [0, 0.1) is 0 Å². The van der Waals surface area contributed by atoms with Crippen LogP contribution in [0.15, 0.2) is 65.8 Å². The molecule has 0 radical (unpaired) electrons. The van der Waals surface area contributed by atoms with E-state index < -0.39 is 102 Å². The number of hydrogen-bond acceptors (Lipinski definition) is 12. The molecule has 2 fully saturated rings. The number of carbonyl (C=O) groups excluding carboxylic acids is 8. The zero-order valence-corrected chi connectivity index (χ0v) is 42.5. The highest BCUT2D eigenvalue weighted by molar-refractivity contribution is 5.98. The van der Waals surface area contributed by atoms with Crippen molar-refractivity contribution in [3.63, 3.8) is 0 Å². The molecule has 74 heavy (non-hydrogen) atoms. The number of nitrogens with one attached hydrogen (secondary N) is 8. The molecule has 8 amide bonds. The van der Waals surface area contributed by atoms with Gasteiger partial charge in [0.2, 0.25) is 47.3 Å². The van der Waals surface area contributed by atoms with E-state index in [0.717, 1.165) is 17.3 Å². The van der Waals surface area contributed by atoms with E-state index in [9.17, 15) is 43.5 Å². The summed E-state index contributed by atoms with van der Waals surface area (Å²) >= 11 is 0. The number of para-hydroxylation sites is 1. The predicted octanol–water partition coefficient (Wildman–Crippen LogP) is -0.901. The third-order valence-corrected chi connectivity index (χ3v) is 13.2. The number of ether oxygens (including phenoxy) is 1. The van der Waals surface area contributed by atoms with Crippen molar-refractivity contribution < 1.29 is 48.2 Å². The Balaban J connectivity index is 1.53. The van der Waals surface area contributed by atoms with Crippen LogP contribution in [0.5, 0.6) is 0 Å². The van der Waals surface area contributed by atoms with E-state index in [-0.39, 0.29) is 70.4 Å². The number of fused-ring (bicyclic) bond motifs is 2. The molecule has 15 N–H and O–H groups in total. The Morgan fingerprint density at radius 1 is 0.838 bits per heavy atom. The van der Waals surface area contributed by atoms with Crippen molar-refractivity contribution >= 4 is 64.1 Å². The summed E-state index contributed by atoms with van der Waals surface area (Å²) in [6.45, 7) is 3.40. The minimum atomic E-state index is -1.36. The number of primary amides is 1. The molecule has 2 saturated heterocycles. The fourth-order valence-electron chi connectivity index (χ4n) is 9.25. The number of aromatic nitrogens is 1. The lowest BCUT2D eigenvalue weighted by Crippen LogP contribution is -2.60. The van der Waals surface area contributed by atoms with Crippen molar-refractivity contribution in [1.82, 2.24) is 47.1 Å². The molecule has 23 nitrogen and oxygen atoms in total. The Hall–Kier alpha value is -7.11. The van der Waals surface area contributed by atoms with Gasteiger partial charge < -0.3 is 68.8 Å². The van der Waals surface area contributed by atoms with Gasteiger partial charge in [0.25, 0.3) is 0 Å². The van der Waals surface area contributed by atoms with Crippen LogP contribution in [0.1, 0.15) is 95.6 Å². The molecule has 1 unspecified atom stereocenters. The number of amides is 8. The third kappa shape index (κ3) is 17.5. The summed E-state index contributed by atoms with van der Waals surface area (Å²) in [5.41, 5.74) is 19.1. The quantitative estimate of drug-likeness (QED) is 0.0471. The first kappa shape index (κ1) is 57.8. The first-order chi connectivity index (χ1) is 35.5. The molecule has 2 aromatic carbocycles. The maximum absolute atomic E-state index is 14.8.